The first-order valence-electron chi connectivity index (χ1n) is 15.2. The summed E-state index contributed by atoms with van der Waals surface area (Å²) in [5.74, 6) is 5.76. The Morgan fingerprint density at radius 1 is 1.06 bits per heavy atom. The van der Waals surface area contributed by atoms with E-state index in [1.165, 1.54) is 57.8 Å². The second-order valence-electron chi connectivity index (χ2n) is 14.3. The summed E-state index contributed by atoms with van der Waals surface area (Å²) in [5, 5.41) is 3.21. The van der Waals surface area contributed by atoms with E-state index in [4.69, 9.17) is 0 Å². The van der Waals surface area contributed by atoms with Crippen molar-refractivity contribution in [2.24, 2.45) is 52.3 Å². The van der Waals surface area contributed by atoms with Gasteiger partial charge in [-0.3, -0.25) is 4.79 Å². The van der Waals surface area contributed by atoms with Crippen LogP contribution >= 0.6 is 0 Å². The van der Waals surface area contributed by atoms with Crippen molar-refractivity contribution in [1.82, 2.24) is 10.2 Å². The molecule has 0 aliphatic heterocycles. The molecular weight excluding hydrogens is 428 g/mol. The largest absolute Gasteiger partial charge is 0.355 e. The van der Waals surface area contributed by atoms with Crippen molar-refractivity contribution in [3.63, 3.8) is 0 Å². The lowest BCUT2D eigenvalue weighted by Gasteiger charge is -2.58. The first-order valence-corrected chi connectivity index (χ1v) is 15.2. The van der Waals surface area contributed by atoms with Crippen LogP contribution in [0.4, 0.5) is 0 Å². The molecule has 3 fully saturated rings. The third-order valence-electron chi connectivity index (χ3n) is 11.5. The second kappa shape index (κ2) is 10.9. The highest BCUT2D eigenvalue weighted by Crippen LogP contribution is 2.67. The van der Waals surface area contributed by atoms with Crippen molar-refractivity contribution in [3.05, 3.63) is 11.6 Å². The number of fused-ring (bicyclic) bond motifs is 5. The van der Waals surface area contributed by atoms with Crippen molar-refractivity contribution < 1.29 is 4.79 Å². The fraction of sp³-hybridized carbons (Fsp3) is 0.906. The van der Waals surface area contributed by atoms with E-state index in [1.807, 2.05) is 0 Å². The van der Waals surface area contributed by atoms with Crippen LogP contribution in [0.3, 0.4) is 0 Å². The maximum absolute atomic E-state index is 12.9. The average Bonchev–Trinajstić information content (AvgIpc) is 3.15. The van der Waals surface area contributed by atoms with Crippen LogP contribution in [0, 0.1) is 52.3 Å². The topological polar surface area (TPSA) is 32.3 Å². The summed E-state index contributed by atoms with van der Waals surface area (Å²) in [6.45, 7) is 14.3. The second-order valence-corrected chi connectivity index (χ2v) is 14.3. The first kappa shape index (κ1) is 27.2. The standard InChI is InChI=1S/C32H56N2O/c1-22(2)9-8-10-23(3)27-13-14-28-26-12-11-25-21-24(30(35)33-19-20-34(6)7)15-17-31(25,4)29(26)16-18-32(27,28)5/h11,22-24,26-29H,8-10,12-21H2,1-7H3,(H,33,35). The van der Waals surface area contributed by atoms with Crippen LogP contribution in [0.1, 0.15) is 105 Å². The molecule has 1 amide bonds. The summed E-state index contributed by atoms with van der Waals surface area (Å²) in [7, 11) is 4.13. The molecule has 35 heavy (non-hydrogen) atoms. The molecule has 0 aromatic rings. The SMILES string of the molecule is CC(C)CCCC(C)C1CCC2C3CC=C4CC(C(=O)NCCN(C)C)CCC4(C)C3CCC12C. The number of amides is 1. The highest BCUT2D eigenvalue weighted by Gasteiger charge is 2.59. The number of hydrogen-bond donors (Lipinski definition) is 1. The van der Waals surface area contributed by atoms with Crippen molar-refractivity contribution in [3.8, 4) is 0 Å². The van der Waals surface area contributed by atoms with Gasteiger partial charge in [-0.15, -0.1) is 0 Å². The number of hydrogen-bond acceptors (Lipinski definition) is 2. The lowest BCUT2D eigenvalue weighted by molar-refractivity contribution is -0.126. The van der Waals surface area contributed by atoms with E-state index in [0.29, 0.717) is 16.7 Å². The Hall–Kier alpha value is -0.830. The van der Waals surface area contributed by atoms with Crippen molar-refractivity contribution in [2.75, 3.05) is 27.2 Å². The van der Waals surface area contributed by atoms with E-state index in [0.717, 1.165) is 61.4 Å². The van der Waals surface area contributed by atoms with E-state index in [1.54, 1.807) is 5.57 Å². The number of carbonyl (C=O) groups excluding carboxylic acids is 1. The molecular formula is C32H56N2O. The number of nitrogens with one attached hydrogen (secondary N) is 1. The Morgan fingerprint density at radius 3 is 2.54 bits per heavy atom. The smallest absolute Gasteiger partial charge is 0.223 e. The lowest BCUT2D eigenvalue weighted by Crippen LogP contribution is -2.51. The summed E-state index contributed by atoms with van der Waals surface area (Å²) in [4.78, 5) is 15.0. The molecule has 0 spiro atoms. The summed E-state index contributed by atoms with van der Waals surface area (Å²) >= 11 is 0. The van der Waals surface area contributed by atoms with Crippen molar-refractivity contribution >= 4 is 5.91 Å². The van der Waals surface area contributed by atoms with Gasteiger partial charge in [0.1, 0.15) is 0 Å². The van der Waals surface area contributed by atoms with E-state index in [9.17, 15) is 4.79 Å². The highest BCUT2D eigenvalue weighted by molar-refractivity contribution is 5.79. The van der Waals surface area contributed by atoms with Gasteiger partial charge in [-0.2, -0.15) is 0 Å². The third kappa shape index (κ3) is 5.41. The molecule has 200 valence electrons. The average molecular weight is 485 g/mol. The Kier molecular flexibility index (Phi) is 8.46. The molecule has 0 aromatic heterocycles. The van der Waals surface area contributed by atoms with Gasteiger partial charge in [0.05, 0.1) is 0 Å². The van der Waals surface area contributed by atoms with Crippen LogP contribution in [0.2, 0.25) is 0 Å². The zero-order chi connectivity index (χ0) is 25.4. The van der Waals surface area contributed by atoms with Gasteiger partial charge >= 0.3 is 0 Å². The molecule has 0 bridgehead atoms. The fourth-order valence-electron chi connectivity index (χ4n) is 9.46. The van der Waals surface area contributed by atoms with E-state index in [-0.39, 0.29) is 5.92 Å². The molecule has 0 aromatic carbocycles. The molecule has 1 N–H and O–H groups in total. The van der Waals surface area contributed by atoms with Crippen molar-refractivity contribution in [1.29, 1.82) is 0 Å². The monoisotopic (exact) mass is 484 g/mol. The van der Waals surface area contributed by atoms with Gasteiger partial charge in [0, 0.05) is 19.0 Å². The molecule has 4 aliphatic rings. The Morgan fingerprint density at radius 2 is 1.83 bits per heavy atom. The summed E-state index contributed by atoms with van der Waals surface area (Å²) < 4.78 is 0. The summed E-state index contributed by atoms with van der Waals surface area (Å²) in [6.07, 6.45) is 17.2. The highest BCUT2D eigenvalue weighted by atomic mass is 16.1. The van der Waals surface area contributed by atoms with Crippen LogP contribution in [0.25, 0.3) is 0 Å². The van der Waals surface area contributed by atoms with Crippen LogP contribution < -0.4 is 5.32 Å². The zero-order valence-corrected chi connectivity index (χ0v) is 24.2. The molecule has 0 heterocycles. The Bertz CT molecular complexity index is 772. The number of rotatable bonds is 9. The molecule has 3 saturated carbocycles. The van der Waals surface area contributed by atoms with Gasteiger partial charge in [-0.25, -0.2) is 0 Å². The molecule has 0 saturated heterocycles. The van der Waals surface area contributed by atoms with Gasteiger partial charge in [0.15, 0.2) is 0 Å². The molecule has 8 unspecified atom stereocenters. The van der Waals surface area contributed by atoms with Crippen molar-refractivity contribution in [2.45, 2.75) is 105 Å². The molecule has 8 atom stereocenters. The molecule has 0 radical (unpaired) electrons. The fourth-order valence-corrected chi connectivity index (χ4v) is 9.46. The lowest BCUT2D eigenvalue weighted by atomic mass is 9.46. The van der Waals surface area contributed by atoms with E-state index >= 15 is 0 Å². The number of carbonyl (C=O) groups is 1. The van der Waals surface area contributed by atoms with Crippen LogP contribution in [-0.4, -0.2) is 38.0 Å². The third-order valence-corrected chi connectivity index (χ3v) is 11.5. The molecule has 3 nitrogen and oxygen atoms in total. The predicted octanol–water partition coefficient (Wildman–Crippen LogP) is 7.32. The van der Waals surface area contributed by atoms with Gasteiger partial charge in [0.2, 0.25) is 5.91 Å². The van der Waals surface area contributed by atoms with Crippen LogP contribution in [0.15, 0.2) is 11.6 Å². The minimum absolute atomic E-state index is 0.185. The van der Waals surface area contributed by atoms with Gasteiger partial charge in [-0.1, -0.05) is 65.5 Å². The maximum Gasteiger partial charge on any atom is 0.223 e. The van der Waals surface area contributed by atoms with Crippen LogP contribution in [-0.2, 0) is 4.79 Å². The predicted molar refractivity (Wildman–Crippen MR) is 148 cm³/mol. The first-order chi connectivity index (χ1) is 16.6. The van der Waals surface area contributed by atoms with Gasteiger partial charge in [0.25, 0.3) is 0 Å². The number of nitrogens with zero attached hydrogens (tertiary/aromatic N) is 1. The molecule has 4 rings (SSSR count). The molecule has 3 heteroatoms. The van der Waals surface area contributed by atoms with E-state index in [2.05, 4.69) is 65.0 Å². The maximum atomic E-state index is 12.9. The van der Waals surface area contributed by atoms with E-state index < -0.39 is 0 Å². The summed E-state index contributed by atoms with van der Waals surface area (Å²) in [5.41, 5.74) is 2.54. The number of allylic oxidation sites excluding steroid dienone is 2. The Labute approximate surface area is 217 Å². The normalized spacial score (nSPS) is 39.6. The van der Waals surface area contributed by atoms with Gasteiger partial charge < -0.3 is 10.2 Å². The molecule has 4 aliphatic carbocycles. The van der Waals surface area contributed by atoms with Gasteiger partial charge in [-0.05, 0) is 112 Å². The van der Waals surface area contributed by atoms with Crippen LogP contribution in [0.5, 0.6) is 0 Å². The minimum Gasteiger partial charge on any atom is -0.355 e. The Balaban J connectivity index is 1.41. The minimum atomic E-state index is 0.185. The zero-order valence-electron chi connectivity index (χ0n) is 24.2. The quantitative estimate of drug-likeness (QED) is 0.348. The number of likely N-dealkylation sites (N-methyl/N-ethyl adjacent to an activating group) is 1. The summed E-state index contributed by atoms with van der Waals surface area (Å²) in [6, 6.07) is 0.